The van der Waals surface area contributed by atoms with E-state index in [0.29, 0.717) is 41.8 Å². The molecule has 0 atom stereocenters. The molecular formula is C20H28N8O3. The number of hydrogen-bond acceptors (Lipinski definition) is 9. The third-order valence-electron chi connectivity index (χ3n) is 5.34. The van der Waals surface area contributed by atoms with E-state index in [1.54, 1.807) is 23.9 Å². The zero-order chi connectivity index (χ0) is 21.6. The Bertz CT molecular complexity index is 980. The van der Waals surface area contributed by atoms with Gasteiger partial charge in [-0.05, 0) is 45.0 Å². The third-order valence-corrected chi connectivity index (χ3v) is 5.34. The molecule has 2 aliphatic heterocycles. The van der Waals surface area contributed by atoms with Gasteiger partial charge in [-0.1, -0.05) is 0 Å². The van der Waals surface area contributed by atoms with Gasteiger partial charge in [-0.15, -0.1) is 0 Å². The number of amides is 2. The largest absolute Gasteiger partial charge is 0.383 e. The first-order valence-corrected chi connectivity index (χ1v) is 10.6. The van der Waals surface area contributed by atoms with Crippen LogP contribution in [-0.2, 0) is 14.3 Å². The number of rotatable bonds is 10. The lowest BCUT2D eigenvalue weighted by molar-refractivity contribution is -0.124. The Morgan fingerprint density at radius 1 is 1.19 bits per heavy atom. The molecule has 4 rings (SSSR count). The summed E-state index contributed by atoms with van der Waals surface area (Å²) in [5.74, 6) is 0.336. The van der Waals surface area contributed by atoms with Crippen LogP contribution in [0, 0.1) is 0 Å². The Kier molecular flexibility index (Phi) is 6.73. The maximum atomic E-state index is 11.9. The Balaban J connectivity index is 1.54. The molecule has 2 aliphatic rings. The van der Waals surface area contributed by atoms with E-state index >= 15 is 0 Å². The molecule has 2 amide bonds. The molecular weight excluding hydrogens is 400 g/mol. The molecule has 0 aliphatic carbocycles. The van der Waals surface area contributed by atoms with Gasteiger partial charge in [0.1, 0.15) is 0 Å². The molecule has 3 N–H and O–H groups in total. The number of imide groups is 1. The molecule has 166 valence electrons. The van der Waals surface area contributed by atoms with E-state index in [9.17, 15) is 9.59 Å². The van der Waals surface area contributed by atoms with Gasteiger partial charge in [0.05, 0.1) is 19.2 Å². The highest BCUT2D eigenvalue weighted by Gasteiger charge is 2.24. The van der Waals surface area contributed by atoms with Crippen molar-refractivity contribution in [3.63, 3.8) is 0 Å². The first kappa shape index (κ1) is 21.2. The van der Waals surface area contributed by atoms with Crippen LogP contribution < -0.4 is 16.0 Å². The Hall–Kier alpha value is -3.05. The molecule has 31 heavy (non-hydrogen) atoms. The van der Waals surface area contributed by atoms with Crippen molar-refractivity contribution in [2.45, 2.75) is 25.7 Å². The normalized spacial score (nSPS) is 18.3. The van der Waals surface area contributed by atoms with Gasteiger partial charge in [0.15, 0.2) is 5.65 Å². The van der Waals surface area contributed by atoms with Crippen LogP contribution in [0.3, 0.4) is 0 Å². The number of nitrogens with one attached hydrogen (secondary N) is 3. The van der Waals surface area contributed by atoms with Crippen molar-refractivity contribution in [2.24, 2.45) is 0 Å². The molecule has 2 aromatic rings. The molecule has 2 fully saturated rings. The van der Waals surface area contributed by atoms with Crippen LogP contribution in [0.4, 0.5) is 11.9 Å². The molecule has 11 nitrogen and oxygen atoms in total. The second-order valence-corrected chi connectivity index (χ2v) is 7.68. The van der Waals surface area contributed by atoms with Crippen molar-refractivity contribution in [1.29, 1.82) is 0 Å². The highest BCUT2D eigenvalue weighted by molar-refractivity contribution is 6.15. The summed E-state index contributed by atoms with van der Waals surface area (Å²) in [4.78, 5) is 35.1. The van der Waals surface area contributed by atoms with E-state index in [-0.39, 0.29) is 18.2 Å². The van der Waals surface area contributed by atoms with Crippen LogP contribution in [-0.4, -0.2) is 82.7 Å². The van der Waals surface area contributed by atoms with Gasteiger partial charge in [-0.25, -0.2) is 0 Å². The summed E-state index contributed by atoms with van der Waals surface area (Å²) in [6.45, 7) is 5.25. The SMILES string of the molecule is COCCNc1nc(NCCCN2CCCC2)nc2c(/C=C3\CC(=O)NC3=O)cnn12. The minimum absolute atomic E-state index is 0.0574. The van der Waals surface area contributed by atoms with E-state index in [1.807, 2.05) is 0 Å². The van der Waals surface area contributed by atoms with Crippen LogP contribution in [0.2, 0.25) is 0 Å². The van der Waals surface area contributed by atoms with Gasteiger partial charge in [0, 0.05) is 31.3 Å². The maximum Gasteiger partial charge on any atom is 0.254 e. The second kappa shape index (κ2) is 9.84. The van der Waals surface area contributed by atoms with Gasteiger partial charge >= 0.3 is 0 Å². The molecule has 0 aromatic carbocycles. The van der Waals surface area contributed by atoms with Crippen molar-refractivity contribution in [3.05, 3.63) is 17.3 Å². The predicted molar refractivity (Wildman–Crippen MR) is 116 cm³/mol. The average molecular weight is 428 g/mol. The van der Waals surface area contributed by atoms with Crippen molar-refractivity contribution >= 4 is 35.4 Å². The van der Waals surface area contributed by atoms with Crippen LogP contribution in [0.1, 0.15) is 31.2 Å². The molecule has 0 radical (unpaired) electrons. The number of hydrogen-bond donors (Lipinski definition) is 3. The lowest BCUT2D eigenvalue weighted by atomic mass is 10.1. The van der Waals surface area contributed by atoms with Gasteiger partial charge in [-0.2, -0.15) is 19.6 Å². The average Bonchev–Trinajstić information content (AvgIpc) is 3.47. The minimum Gasteiger partial charge on any atom is -0.383 e. The smallest absolute Gasteiger partial charge is 0.254 e. The van der Waals surface area contributed by atoms with Crippen molar-refractivity contribution < 1.29 is 14.3 Å². The number of ether oxygens (including phenoxy) is 1. The van der Waals surface area contributed by atoms with Crippen LogP contribution >= 0.6 is 0 Å². The summed E-state index contributed by atoms with van der Waals surface area (Å²) < 4.78 is 6.70. The number of carbonyl (C=O) groups is 2. The number of anilines is 2. The van der Waals surface area contributed by atoms with Crippen LogP contribution in [0.25, 0.3) is 11.7 Å². The number of nitrogens with zero attached hydrogens (tertiary/aromatic N) is 5. The minimum atomic E-state index is -0.378. The van der Waals surface area contributed by atoms with Crippen LogP contribution in [0.5, 0.6) is 0 Å². The van der Waals surface area contributed by atoms with Gasteiger partial charge < -0.3 is 20.3 Å². The second-order valence-electron chi connectivity index (χ2n) is 7.68. The van der Waals surface area contributed by atoms with Crippen LogP contribution in [0.15, 0.2) is 11.8 Å². The molecule has 0 unspecified atom stereocenters. The molecule has 11 heteroatoms. The van der Waals surface area contributed by atoms with Gasteiger partial charge in [-0.3, -0.25) is 14.9 Å². The van der Waals surface area contributed by atoms with E-state index < -0.39 is 0 Å². The zero-order valence-electron chi connectivity index (χ0n) is 17.7. The summed E-state index contributed by atoms with van der Waals surface area (Å²) in [7, 11) is 1.64. The number of aromatic nitrogens is 4. The number of fused-ring (bicyclic) bond motifs is 1. The quantitative estimate of drug-likeness (QED) is 0.282. The zero-order valence-corrected chi connectivity index (χ0v) is 17.7. The number of carbonyl (C=O) groups excluding carboxylic acids is 2. The van der Waals surface area contributed by atoms with Crippen molar-refractivity contribution in [3.8, 4) is 0 Å². The highest BCUT2D eigenvalue weighted by atomic mass is 16.5. The Morgan fingerprint density at radius 2 is 2.03 bits per heavy atom. The first-order valence-electron chi connectivity index (χ1n) is 10.6. The van der Waals surface area contributed by atoms with Crippen molar-refractivity contribution in [1.82, 2.24) is 29.8 Å². The molecule has 0 spiro atoms. The topological polar surface area (TPSA) is 126 Å². The number of likely N-dealkylation sites (tertiary alicyclic amines) is 1. The Labute approximate surface area is 180 Å². The fourth-order valence-corrected chi connectivity index (χ4v) is 3.77. The van der Waals surface area contributed by atoms with E-state index in [2.05, 4.69) is 35.9 Å². The molecule has 4 heterocycles. The van der Waals surface area contributed by atoms with E-state index in [0.717, 1.165) is 19.5 Å². The van der Waals surface area contributed by atoms with E-state index in [4.69, 9.17) is 4.74 Å². The summed E-state index contributed by atoms with van der Waals surface area (Å²) in [5, 5.41) is 13.2. The fraction of sp³-hybridized carbons (Fsp3) is 0.550. The number of methoxy groups -OCH3 is 1. The van der Waals surface area contributed by atoms with Gasteiger partial charge in [0.25, 0.3) is 5.91 Å². The highest BCUT2D eigenvalue weighted by Crippen LogP contribution is 2.20. The lowest BCUT2D eigenvalue weighted by Gasteiger charge is -2.14. The third kappa shape index (κ3) is 5.17. The predicted octanol–water partition coefficient (Wildman–Crippen LogP) is 0.510. The Morgan fingerprint density at radius 3 is 2.77 bits per heavy atom. The lowest BCUT2D eigenvalue weighted by Crippen LogP contribution is -2.22. The summed E-state index contributed by atoms with van der Waals surface area (Å²) in [5.41, 5.74) is 1.60. The van der Waals surface area contributed by atoms with Crippen molar-refractivity contribution in [2.75, 3.05) is 57.1 Å². The van der Waals surface area contributed by atoms with Gasteiger partial charge in [0.2, 0.25) is 17.8 Å². The fourth-order valence-electron chi connectivity index (χ4n) is 3.77. The molecule has 0 saturated carbocycles. The van der Waals surface area contributed by atoms with E-state index in [1.165, 1.54) is 25.9 Å². The summed E-state index contributed by atoms with van der Waals surface area (Å²) >= 11 is 0. The molecule has 2 aromatic heterocycles. The maximum absolute atomic E-state index is 11.9. The summed E-state index contributed by atoms with van der Waals surface area (Å²) in [6.07, 6.45) is 6.90. The monoisotopic (exact) mass is 428 g/mol. The molecule has 0 bridgehead atoms. The summed E-state index contributed by atoms with van der Waals surface area (Å²) in [6, 6.07) is 0. The molecule has 2 saturated heterocycles. The first-order chi connectivity index (χ1) is 15.1. The standard InChI is InChI=1S/C20H28N8O3/c1-31-10-6-22-20-26-19(21-5-4-9-27-7-2-3-8-27)25-17-15(13-23-28(17)20)11-14-12-16(29)24-18(14)30/h11,13H,2-10,12H2,1H3,(H,24,29,30)(H2,21,22,25,26)/b14-11+.